The minimum absolute atomic E-state index is 0.147. The van der Waals surface area contributed by atoms with Gasteiger partial charge >= 0.3 is 0 Å². The van der Waals surface area contributed by atoms with E-state index in [4.69, 9.17) is 0 Å². The fourth-order valence-corrected chi connectivity index (χ4v) is 6.60. The quantitative estimate of drug-likeness (QED) is 0.382. The number of halogens is 1. The Labute approximate surface area is 226 Å². The van der Waals surface area contributed by atoms with Crippen molar-refractivity contribution in [2.24, 2.45) is 0 Å². The smallest absolute Gasteiger partial charge is 0.255 e. The van der Waals surface area contributed by atoms with E-state index in [-0.39, 0.29) is 23.3 Å². The number of hydrogen-bond acceptors (Lipinski definition) is 4. The Kier molecular flexibility index (Phi) is 8.46. The largest absolute Gasteiger partial charge is 0.324 e. The molecule has 0 radical (unpaired) electrons. The van der Waals surface area contributed by atoms with Crippen LogP contribution in [0.4, 0.5) is 5.69 Å². The molecule has 194 valence electrons. The number of sulfonamides is 1. The van der Waals surface area contributed by atoms with Gasteiger partial charge in [-0.15, -0.1) is 0 Å². The SMILES string of the molecule is CCCN(CCC)S(=O)(=O)c1ccc(C(=O)N2CC(=O)Nc3ccc(Br)cc3[C@@H]2c2ccccc2)cc1. The number of benzene rings is 3. The van der Waals surface area contributed by atoms with Crippen LogP contribution < -0.4 is 5.32 Å². The molecular formula is C28H30BrN3O4S. The van der Waals surface area contributed by atoms with Crippen molar-refractivity contribution in [1.82, 2.24) is 9.21 Å². The van der Waals surface area contributed by atoms with Gasteiger partial charge in [0.05, 0.1) is 10.9 Å². The lowest BCUT2D eigenvalue weighted by Crippen LogP contribution is -2.39. The van der Waals surface area contributed by atoms with E-state index in [2.05, 4.69) is 21.2 Å². The van der Waals surface area contributed by atoms with Crippen LogP contribution in [0.3, 0.4) is 0 Å². The summed E-state index contributed by atoms with van der Waals surface area (Å²) in [4.78, 5) is 28.4. The van der Waals surface area contributed by atoms with Gasteiger partial charge in [0, 0.05) is 34.4 Å². The Balaban J connectivity index is 1.73. The van der Waals surface area contributed by atoms with Crippen molar-refractivity contribution in [1.29, 1.82) is 0 Å². The number of rotatable bonds is 8. The number of anilines is 1. The van der Waals surface area contributed by atoms with E-state index in [1.54, 1.807) is 0 Å². The topological polar surface area (TPSA) is 86.8 Å². The minimum Gasteiger partial charge on any atom is -0.324 e. The van der Waals surface area contributed by atoms with Crippen molar-refractivity contribution in [3.8, 4) is 0 Å². The average Bonchev–Trinajstić information content (AvgIpc) is 3.04. The Hall–Kier alpha value is -3.01. The van der Waals surface area contributed by atoms with Crippen molar-refractivity contribution >= 4 is 43.5 Å². The predicted octanol–water partition coefficient (Wildman–Crippen LogP) is 5.44. The van der Waals surface area contributed by atoms with E-state index < -0.39 is 16.1 Å². The van der Waals surface area contributed by atoms with Crippen molar-refractivity contribution in [3.05, 3.63) is 94.0 Å². The zero-order valence-electron chi connectivity index (χ0n) is 20.9. The fraction of sp³-hybridized carbons (Fsp3) is 0.286. The molecule has 1 atom stereocenters. The van der Waals surface area contributed by atoms with Crippen LogP contribution in [0.5, 0.6) is 0 Å². The molecule has 3 aromatic rings. The van der Waals surface area contributed by atoms with E-state index in [0.29, 0.717) is 37.2 Å². The van der Waals surface area contributed by atoms with Gasteiger partial charge in [-0.1, -0.05) is 60.1 Å². The molecule has 1 heterocycles. The molecule has 1 N–H and O–H groups in total. The zero-order valence-corrected chi connectivity index (χ0v) is 23.3. The normalized spacial score (nSPS) is 15.7. The minimum atomic E-state index is -3.67. The third kappa shape index (κ3) is 5.79. The van der Waals surface area contributed by atoms with Crippen LogP contribution in [-0.2, 0) is 14.8 Å². The van der Waals surface area contributed by atoms with Gasteiger partial charge in [-0.05, 0) is 60.9 Å². The summed E-state index contributed by atoms with van der Waals surface area (Å²) in [6.07, 6.45) is 1.43. The second kappa shape index (κ2) is 11.6. The molecule has 0 bridgehead atoms. The highest BCUT2D eigenvalue weighted by molar-refractivity contribution is 9.10. The van der Waals surface area contributed by atoms with Crippen LogP contribution in [0.2, 0.25) is 0 Å². The lowest BCUT2D eigenvalue weighted by molar-refractivity contribution is -0.117. The number of fused-ring (bicyclic) bond motifs is 1. The molecule has 0 aromatic heterocycles. The first kappa shape index (κ1) is 27.0. The van der Waals surface area contributed by atoms with Gasteiger partial charge in [0.1, 0.15) is 6.54 Å². The van der Waals surface area contributed by atoms with E-state index in [1.807, 2.05) is 62.4 Å². The molecule has 3 aromatic carbocycles. The summed E-state index contributed by atoms with van der Waals surface area (Å²) in [5, 5.41) is 2.91. The maximum absolute atomic E-state index is 13.9. The van der Waals surface area contributed by atoms with Crippen molar-refractivity contribution < 1.29 is 18.0 Å². The summed E-state index contributed by atoms with van der Waals surface area (Å²) in [6.45, 7) is 4.61. The first-order valence-electron chi connectivity index (χ1n) is 12.3. The van der Waals surface area contributed by atoms with Gasteiger partial charge < -0.3 is 10.2 Å². The number of carbonyl (C=O) groups is 2. The number of amides is 2. The summed E-state index contributed by atoms with van der Waals surface area (Å²) in [7, 11) is -3.67. The lowest BCUT2D eigenvalue weighted by atomic mass is 9.95. The van der Waals surface area contributed by atoms with E-state index >= 15 is 0 Å². The summed E-state index contributed by atoms with van der Waals surface area (Å²) >= 11 is 3.52. The van der Waals surface area contributed by atoms with Gasteiger partial charge in [0.25, 0.3) is 5.91 Å². The van der Waals surface area contributed by atoms with E-state index in [9.17, 15) is 18.0 Å². The van der Waals surface area contributed by atoms with Gasteiger partial charge in [0.15, 0.2) is 0 Å². The summed E-state index contributed by atoms with van der Waals surface area (Å²) in [6, 6.07) is 20.6. The monoisotopic (exact) mass is 583 g/mol. The molecule has 0 saturated carbocycles. The van der Waals surface area contributed by atoms with Crippen LogP contribution in [-0.4, -0.2) is 49.1 Å². The zero-order chi connectivity index (χ0) is 26.6. The molecule has 9 heteroatoms. The van der Waals surface area contributed by atoms with Gasteiger partial charge in [-0.2, -0.15) is 4.31 Å². The van der Waals surface area contributed by atoms with E-state index in [1.165, 1.54) is 33.5 Å². The predicted molar refractivity (Wildman–Crippen MR) is 148 cm³/mol. The molecule has 0 saturated heterocycles. The highest BCUT2D eigenvalue weighted by atomic mass is 79.9. The van der Waals surface area contributed by atoms with Crippen LogP contribution in [0, 0.1) is 0 Å². The summed E-state index contributed by atoms with van der Waals surface area (Å²) in [5.41, 5.74) is 2.60. The molecule has 7 nitrogen and oxygen atoms in total. The fourth-order valence-electron chi connectivity index (χ4n) is 4.60. The Morgan fingerprint density at radius 3 is 2.27 bits per heavy atom. The van der Waals surface area contributed by atoms with Gasteiger partial charge in [0.2, 0.25) is 15.9 Å². The molecule has 4 rings (SSSR count). The number of nitrogens with zero attached hydrogens (tertiary/aromatic N) is 2. The first-order chi connectivity index (χ1) is 17.8. The van der Waals surface area contributed by atoms with Crippen LogP contribution in [0.1, 0.15) is 54.2 Å². The lowest BCUT2D eigenvalue weighted by Gasteiger charge is -2.31. The molecular weight excluding hydrogens is 554 g/mol. The second-order valence-electron chi connectivity index (χ2n) is 8.95. The first-order valence-corrected chi connectivity index (χ1v) is 14.5. The van der Waals surface area contributed by atoms with Crippen molar-refractivity contribution in [2.75, 3.05) is 25.0 Å². The Bertz CT molecular complexity index is 1370. The summed E-state index contributed by atoms with van der Waals surface area (Å²) < 4.78 is 28.6. The van der Waals surface area contributed by atoms with E-state index in [0.717, 1.165) is 15.6 Å². The maximum atomic E-state index is 13.9. The summed E-state index contributed by atoms with van der Waals surface area (Å²) in [5.74, 6) is -0.663. The van der Waals surface area contributed by atoms with Crippen molar-refractivity contribution in [2.45, 2.75) is 37.6 Å². The Morgan fingerprint density at radius 2 is 1.65 bits per heavy atom. The Morgan fingerprint density at radius 1 is 1.00 bits per heavy atom. The van der Waals surface area contributed by atoms with Crippen LogP contribution >= 0.6 is 15.9 Å². The molecule has 37 heavy (non-hydrogen) atoms. The molecule has 0 spiro atoms. The second-order valence-corrected chi connectivity index (χ2v) is 11.8. The average molecular weight is 585 g/mol. The molecule has 2 amide bonds. The standard InChI is InChI=1S/C28H30BrN3O4S/c1-3-16-31(17-4-2)37(35,36)23-13-10-21(11-14-23)28(34)32-19-26(33)30-25-15-12-22(29)18-24(25)27(32)20-8-6-5-7-9-20/h5-15,18,27H,3-4,16-17,19H2,1-2H3,(H,30,33)/t27-/m0/s1. The van der Waals surface area contributed by atoms with Crippen LogP contribution in [0.25, 0.3) is 0 Å². The molecule has 1 aliphatic heterocycles. The third-order valence-electron chi connectivity index (χ3n) is 6.27. The van der Waals surface area contributed by atoms with Crippen LogP contribution in [0.15, 0.2) is 82.2 Å². The maximum Gasteiger partial charge on any atom is 0.255 e. The highest BCUT2D eigenvalue weighted by Gasteiger charge is 2.34. The number of nitrogens with one attached hydrogen (secondary N) is 1. The number of carbonyl (C=O) groups excluding carboxylic acids is 2. The van der Waals surface area contributed by atoms with Gasteiger partial charge in [-0.25, -0.2) is 8.42 Å². The van der Waals surface area contributed by atoms with Gasteiger partial charge in [-0.3, -0.25) is 9.59 Å². The molecule has 0 unspecified atom stereocenters. The highest BCUT2D eigenvalue weighted by Crippen LogP contribution is 2.38. The number of hydrogen-bond donors (Lipinski definition) is 1. The molecule has 1 aliphatic rings. The molecule has 0 aliphatic carbocycles. The third-order valence-corrected chi connectivity index (χ3v) is 8.68. The molecule has 0 fully saturated rings. The van der Waals surface area contributed by atoms with Crippen molar-refractivity contribution in [3.63, 3.8) is 0 Å².